The second-order valence-electron chi connectivity index (χ2n) is 8.70. The van der Waals surface area contributed by atoms with Gasteiger partial charge in [0, 0.05) is 37.4 Å². The summed E-state index contributed by atoms with van der Waals surface area (Å²) in [6.45, 7) is 7.46. The van der Waals surface area contributed by atoms with Crippen molar-refractivity contribution >= 4 is 11.8 Å². The van der Waals surface area contributed by atoms with Crippen molar-refractivity contribution in [3.63, 3.8) is 0 Å². The van der Waals surface area contributed by atoms with Gasteiger partial charge in [-0.25, -0.2) is 9.98 Å². The zero-order chi connectivity index (χ0) is 21.6. The fourth-order valence-corrected chi connectivity index (χ4v) is 4.64. The molecule has 1 aliphatic carbocycles. The number of fused-ring (bicyclic) bond motifs is 1. The van der Waals surface area contributed by atoms with E-state index in [4.69, 9.17) is 4.99 Å². The molecular weight excluding hydrogens is 386 g/mol. The van der Waals surface area contributed by atoms with E-state index in [0.29, 0.717) is 18.3 Å². The van der Waals surface area contributed by atoms with E-state index >= 15 is 0 Å². The van der Waals surface area contributed by atoms with Crippen LogP contribution in [0.5, 0.6) is 5.75 Å². The molecule has 6 heteroatoms. The summed E-state index contributed by atoms with van der Waals surface area (Å²) in [6.07, 6.45) is 8.62. The largest absolute Gasteiger partial charge is 0.508 e. The summed E-state index contributed by atoms with van der Waals surface area (Å²) < 4.78 is 0. The van der Waals surface area contributed by atoms with E-state index in [2.05, 4.69) is 52.6 Å². The highest BCUT2D eigenvalue weighted by atomic mass is 16.3. The molecule has 0 radical (unpaired) electrons. The molecule has 0 bridgehead atoms. The summed E-state index contributed by atoms with van der Waals surface area (Å²) in [7, 11) is 0. The number of hydrogen-bond donors (Lipinski definition) is 3. The lowest BCUT2D eigenvalue weighted by atomic mass is 9.88. The van der Waals surface area contributed by atoms with Crippen molar-refractivity contribution in [3.05, 3.63) is 52.7 Å². The van der Waals surface area contributed by atoms with E-state index in [1.54, 1.807) is 0 Å². The predicted octanol–water partition coefficient (Wildman–Crippen LogP) is 3.70. The van der Waals surface area contributed by atoms with Crippen LogP contribution in [0.4, 0.5) is 5.82 Å². The Morgan fingerprint density at radius 1 is 1.16 bits per heavy atom. The first-order valence-electron chi connectivity index (χ1n) is 11.7. The van der Waals surface area contributed by atoms with Crippen LogP contribution in [-0.4, -0.2) is 41.7 Å². The molecule has 4 rings (SSSR count). The lowest BCUT2D eigenvalue weighted by molar-refractivity contribution is 0.458. The Balaban J connectivity index is 1.39. The number of nitrogens with zero attached hydrogens (tertiary/aromatic N) is 3. The van der Waals surface area contributed by atoms with Crippen LogP contribution in [0.15, 0.2) is 35.5 Å². The first kappa shape index (κ1) is 21.5. The fourth-order valence-electron chi connectivity index (χ4n) is 4.64. The van der Waals surface area contributed by atoms with E-state index in [0.717, 1.165) is 62.7 Å². The standard InChI is InChI=1S/C25H35N5O/c1-3-26-25(28-17-22-21-7-5-4-6-19(21)9-10-23(22)31)29-20-12-14-30(15-13-20)24-11-8-18(2)16-27-24/h8-11,16,20,31H,3-7,12-15,17H2,1-2H3,(H2,26,28,29). The molecule has 2 aromatic rings. The van der Waals surface area contributed by atoms with Crippen LogP contribution in [0.1, 0.15) is 54.9 Å². The van der Waals surface area contributed by atoms with Crippen LogP contribution in [0, 0.1) is 6.92 Å². The number of aromatic nitrogens is 1. The Morgan fingerprint density at radius 3 is 2.71 bits per heavy atom. The molecule has 2 heterocycles. The van der Waals surface area contributed by atoms with E-state index in [9.17, 15) is 5.11 Å². The third-order valence-electron chi connectivity index (χ3n) is 6.42. The summed E-state index contributed by atoms with van der Waals surface area (Å²) in [4.78, 5) is 11.8. The molecule has 1 fully saturated rings. The Bertz CT molecular complexity index is 901. The van der Waals surface area contributed by atoms with E-state index in [1.165, 1.54) is 29.5 Å². The summed E-state index contributed by atoms with van der Waals surface area (Å²) in [5.41, 5.74) is 4.88. The van der Waals surface area contributed by atoms with Gasteiger partial charge in [0.1, 0.15) is 11.6 Å². The smallest absolute Gasteiger partial charge is 0.191 e. The number of aromatic hydroxyl groups is 1. The average Bonchev–Trinajstić information content (AvgIpc) is 2.79. The van der Waals surface area contributed by atoms with Gasteiger partial charge in [0.05, 0.1) is 6.54 Å². The highest BCUT2D eigenvalue weighted by molar-refractivity contribution is 5.80. The van der Waals surface area contributed by atoms with Crippen molar-refractivity contribution in [2.75, 3.05) is 24.5 Å². The molecule has 31 heavy (non-hydrogen) atoms. The zero-order valence-corrected chi connectivity index (χ0v) is 18.8. The number of nitrogens with one attached hydrogen (secondary N) is 2. The maximum absolute atomic E-state index is 10.5. The Morgan fingerprint density at radius 2 is 1.97 bits per heavy atom. The van der Waals surface area contributed by atoms with E-state index in [-0.39, 0.29) is 0 Å². The first-order chi connectivity index (χ1) is 15.1. The number of phenolic OH excluding ortho intramolecular Hbond substituents is 1. The predicted molar refractivity (Wildman–Crippen MR) is 127 cm³/mol. The number of hydrogen-bond acceptors (Lipinski definition) is 4. The SMILES string of the molecule is CCNC(=NCc1c(O)ccc2c1CCCC2)NC1CCN(c2ccc(C)cn2)CC1. The van der Waals surface area contributed by atoms with Gasteiger partial charge in [0.15, 0.2) is 5.96 Å². The van der Waals surface area contributed by atoms with Gasteiger partial charge in [0.25, 0.3) is 0 Å². The zero-order valence-electron chi connectivity index (χ0n) is 18.8. The lowest BCUT2D eigenvalue weighted by Gasteiger charge is -2.34. The van der Waals surface area contributed by atoms with Crippen LogP contribution in [0.2, 0.25) is 0 Å². The third kappa shape index (κ3) is 5.30. The molecule has 0 unspecified atom stereocenters. The molecule has 0 spiro atoms. The molecule has 1 aromatic heterocycles. The second kappa shape index (κ2) is 10.0. The minimum absolute atomic E-state index is 0.374. The van der Waals surface area contributed by atoms with Crippen molar-refractivity contribution in [1.29, 1.82) is 0 Å². The van der Waals surface area contributed by atoms with Crippen molar-refractivity contribution in [2.45, 2.75) is 65.0 Å². The normalized spacial score (nSPS) is 17.4. The molecule has 2 aliphatic rings. The van der Waals surface area contributed by atoms with Crippen LogP contribution in [-0.2, 0) is 19.4 Å². The van der Waals surface area contributed by atoms with E-state index < -0.39 is 0 Å². The molecule has 6 nitrogen and oxygen atoms in total. The maximum atomic E-state index is 10.5. The fraction of sp³-hybridized carbons (Fsp3) is 0.520. The second-order valence-corrected chi connectivity index (χ2v) is 8.70. The molecule has 0 saturated carbocycles. The van der Waals surface area contributed by atoms with Gasteiger partial charge >= 0.3 is 0 Å². The van der Waals surface area contributed by atoms with Gasteiger partial charge in [0.2, 0.25) is 0 Å². The topological polar surface area (TPSA) is 72.8 Å². The molecule has 166 valence electrons. The lowest BCUT2D eigenvalue weighted by Crippen LogP contribution is -2.48. The first-order valence-corrected chi connectivity index (χ1v) is 11.7. The van der Waals surface area contributed by atoms with Gasteiger partial charge in [-0.2, -0.15) is 0 Å². The molecule has 0 atom stereocenters. The van der Waals surface area contributed by atoms with Crippen molar-refractivity contribution in [2.24, 2.45) is 4.99 Å². The number of aryl methyl sites for hydroxylation is 2. The Kier molecular flexibility index (Phi) is 6.95. The van der Waals surface area contributed by atoms with Gasteiger partial charge in [-0.05, 0) is 81.2 Å². The number of piperidine rings is 1. The number of pyridine rings is 1. The van der Waals surface area contributed by atoms with Gasteiger partial charge in [-0.1, -0.05) is 12.1 Å². The average molecular weight is 422 g/mol. The van der Waals surface area contributed by atoms with Crippen LogP contribution in [0.3, 0.4) is 0 Å². The van der Waals surface area contributed by atoms with E-state index in [1.807, 2.05) is 12.3 Å². The quantitative estimate of drug-likeness (QED) is 0.507. The molecule has 1 aromatic carbocycles. The number of benzene rings is 1. The van der Waals surface area contributed by atoms with Gasteiger partial charge < -0.3 is 20.6 Å². The number of aliphatic imine (C=N–C) groups is 1. The van der Waals surface area contributed by atoms with Crippen molar-refractivity contribution in [1.82, 2.24) is 15.6 Å². The Labute approximate surface area is 185 Å². The molecule has 0 amide bonds. The van der Waals surface area contributed by atoms with Crippen LogP contribution >= 0.6 is 0 Å². The number of rotatable bonds is 5. The van der Waals surface area contributed by atoms with Crippen molar-refractivity contribution in [3.8, 4) is 5.75 Å². The van der Waals surface area contributed by atoms with Gasteiger partial charge in [-0.3, -0.25) is 0 Å². The molecule has 1 saturated heterocycles. The van der Waals surface area contributed by atoms with Crippen LogP contribution in [0.25, 0.3) is 0 Å². The third-order valence-corrected chi connectivity index (χ3v) is 6.42. The summed E-state index contributed by atoms with van der Waals surface area (Å²) in [6, 6.07) is 8.54. The number of phenols is 1. The molecular formula is C25H35N5O. The molecule has 3 N–H and O–H groups in total. The maximum Gasteiger partial charge on any atom is 0.191 e. The number of anilines is 1. The van der Waals surface area contributed by atoms with Crippen molar-refractivity contribution < 1.29 is 5.11 Å². The Hall–Kier alpha value is -2.76. The highest BCUT2D eigenvalue weighted by Crippen LogP contribution is 2.31. The number of guanidine groups is 1. The molecule has 1 aliphatic heterocycles. The minimum Gasteiger partial charge on any atom is -0.508 e. The minimum atomic E-state index is 0.374. The summed E-state index contributed by atoms with van der Waals surface area (Å²) in [5.74, 6) is 2.27. The van der Waals surface area contributed by atoms with Gasteiger partial charge in [-0.15, -0.1) is 0 Å². The van der Waals surface area contributed by atoms with Crippen LogP contribution < -0.4 is 15.5 Å². The summed E-state index contributed by atoms with van der Waals surface area (Å²) in [5, 5.41) is 17.5. The monoisotopic (exact) mass is 421 g/mol. The summed E-state index contributed by atoms with van der Waals surface area (Å²) >= 11 is 0. The highest BCUT2D eigenvalue weighted by Gasteiger charge is 2.21.